The second kappa shape index (κ2) is 5.39. The molecule has 0 spiro atoms. The van der Waals surface area contributed by atoms with E-state index in [1.165, 1.54) is 22.8 Å². The fourth-order valence-corrected chi connectivity index (χ4v) is 2.77. The van der Waals surface area contributed by atoms with E-state index in [-0.39, 0.29) is 5.69 Å². The largest absolute Gasteiger partial charge is 0.289 e. The van der Waals surface area contributed by atoms with E-state index in [2.05, 4.69) is 20.9 Å². The molecule has 1 atom stereocenters. The molecular formula is C15H10BrClF2N2. The molecule has 0 N–H and O–H groups in total. The number of fused-ring (bicyclic) bond motifs is 1. The third-order valence-corrected chi connectivity index (χ3v) is 3.85. The monoisotopic (exact) mass is 370 g/mol. The molecule has 6 heteroatoms. The number of imidazole rings is 1. The van der Waals surface area contributed by atoms with Crippen LogP contribution in [0, 0.1) is 11.6 Å². The Balaban J connectivity index is 2.44. The van der Waals surface area contributed by atoms with Gasteiger partial charge in [0.15, 0.2) is 0 Å². The van der Waals surface area contributed by atoms with Crippen LogP contribution in [0.5, 0.6) is 0 Å². The molecule has 0 aliphatic heterocycles. The van der Waals surface area contributed by atoms with Crippen LogP contribution in [0.15, 0.2) is 40.9 Å². The van der Waals surface area contributed by atoms with Crippen molar-refractivity contribution in [2.45, 2.75) is 12.3 Å². The summed E-state index contributed by atoms with van der Waals surface area (Å²) in [5.74, 6) is -0.922. The second-order valence-corrected chi connectivity index (χ2v) is 6.20. The predicted molar refractivity (Wildman–Crippen MR) is 83.0 cm³/mol. The highest BCUT2D eigenvalue weighted by molar-refractivity contribution is 9.10. The van der Waals surface area contributed by atoms with E-state index in [9.17, 15) is 8.78 Å². The Hall–Kier alpha value is -1.46. The maximum atomic E-state index is 14.1. The van der Waals surface area contributed by atoms with Gasteiger partial charge in [-0.05, 0) is 37.3 Å². The number of alkyl halides is 1. The summed E-state index contributed by atoms with van der Waals surface area (Å²) >= 11 is 9.50. The van der Waals surface area contributed by atoms with Gasteiger partial charge in [0.25, 0.3) is 0 Å². The van der Waals surface area contributed by atoms with Gasteiger partial charge in [0.1, 0.15) is 23.1 Å². The minimum Gasteiger partial charge on any atom is -0.289 e. The number of halogens is 4. The van der Waals surface area contributed by atoms with Crippen LogP contribution in [0.25, 0.3) is 16.7 Å². The predicted octanol–water partition coefficient (Wildman–Crippen LogP) is 5.37. The van der Waals surface area contributed by atoms with E-state index in [1.807, 2.05) is 6.07 Å². The first-order chi connectivity index (χ1) is 9.99. The van der Waals surface area contributed by atoms with Crippen molar-refractivity contribution in [3.8, 4) is 5.69 Å². The first-order valence-corrected chi connectivity index (χ1v) is 7.48. The SMILES string of the molecule is CC(Cl)c1nc2ccc(Br)cc2n1-c1c(F)cccc1F. The van der Waals surface area contributed by atoms with Gasteiger partial charge >= 0.3 is 0 Å². The Morgan fingerprint density at radius 2 is 1.86 bits per heavy atom. The van der Waals surface area contributed by atoms with E-state index >= 15 is 0 Å². The molecule has 2 aromatic carbocycles. The van der Waals surface area contributed by atoms with Crippen LogP contribution in [0.4, 0.5) is 8.78 Å². The fourth-order valence-electron chi connectivity index (χ4n) is 2.27. The van der Waals surface area contributed by atoms with Crippen molar-refractivity contribution in [3.05, 3.63) is 58.3 Å². The van der Waals surface area contributed by atoms with E-state index in [0.29, 0.717) is 16.9 Å². The van der Waals surface area contributed by atoms with Crippen molar-refractivity contribution in [1.29, 1.82) is 0 Å². The van der Waals surface area contributed by atoms with Crippen molar-refractivity contribution in [3.63, 3.8) is 0 Å². The summed E-state index contributed by atoms with van der Waals surface area (Å²) < 4.78 is 30.5. The Kier molecular flexibility index (Phi) is 3.71. The molecule has 0 fully saturated rings. The molecule has 2 nitrogen and oxygen atoms in total. The normalized spacial score (nSPS) is 12.8. The standard InChI is InChI=1S/C15H10BrClF2N2/c1-8(17)15-20-12-6-5-9(16)7-13(12)21(15)14-10(18)3-2-4-11(14)19/h2-8H,1H3. The molecule has 0 aliphatic carbocycles. The average molecular weight is 372 g/mol. The molecule has 1 heterocycles. The van der Waals surface area contributed by atoms with E-state index in [4.69, 9.17) is 11.6 Å². The van der Waals surface area contributed by atoms with Crippen LogP contribution < -0.4 is 0 Å². The summed E-state index contributed by atoms with van der Waals surface area (Å²) in [6, 6.07) is 9.11. The molecule has 21 heavy (non-hydrogen) atoms. The number of rotatable bonds is 2. The zero-order valence-corrected chi connectivity index (χ0v) is 13.3. The van der Waals surface area contributed by atoms with Gasteiger partial charge in [-0.15, -0.1) is 11.6 Å². The molecule has 3 aromatic rings. The molecular weight excluding hydrogens is 362 g/mol. The summed E-state index contributed by atoms with van der Waals surface area (Å²) in [6.45, 7) is 1.72. The summed E-state index contributed by atoms with van der Waals surface area (Å²) in [7, 11) is 0. The van der Waals surface area contributed by atoms with Gasteiger partial charge in [-0.25, -0.2) is 13.8 Å². The molecule has 3 rings (SSSR count). The summed E-state index contributed by atoms with van der Waals surface area (Å²) in [5, 5.41) is -0.491. The molecule has 0 saturated heterocycles. The number of hydrogen-bond acceptors (Lipinski definition) is 1. The average Bonchev–Trinajstić information content (AvgIpc) is 2.78. The van der Waals surface area contributed by atoms with Gasteiger partial charge < -0.3 is 0 Å². The maximum Gasteiger partial charge on any atom is 0.150 e. The lowest BCUT2D eigenvalue weighted by Crippen LogP contribution is -2.06. The van der Waals surface area contributed by atoms with Crippen molar-refractivity contribution in [1.82, 2.24) is 9.55 Å². The first kappa shape index (κ1) is 14.5. The van der Waals surface area contributed by atoms with Crippen LogP contribution in [0.1, 0.15) is 18.1 Å². The molecule has 0 amide bonds. The van der Waals surface area contributed by atoms with E-state index in [1.54, 1.807) is 19.1 Å². The highest BCUT2D eigenvalue weighted by Crippen LogP contribution is 2.31. The minimum atomic E-state index is -0.659. The molecule has 0 aliphatic rings. The van der Waals surface area contributed by atoms with Crippen molar-refractivity contribution in [2.75, 3.05) is 0 Å². The zero-order valence-electron chi connectivity index (χ0n) is 10.9. The number of para-hydroxylation sites is 1. The van der Waals surface area contributed by atoms with Gasteiger partial charge in [-0.1, -0.05) is 22.0 Å². The van der Waals surface area contributed by atoms with Crippen molar-refractivity contribution < 1.29 is 8.78 Å². The molecule has 108 valence electrons. The Labute approximate surface area is 133 Å². The lowest BCUT2D eigenvalue weighted by molar-refractivity contribution is 0.567. The Morgan fingerprint density at radius 3 is 2.48 bits per heavy atom. The first-order valence-electron chi connectivity index (χ1n) is 6.25. The van der Waals surface area contributed by atoms with Crippen LogP contribution in [-0.2, 0) is 0 Å². The molecule has 0 saturated carbocycles. The Bertz CT molecular complexity index is 810. The second-order valence-electron chi connectivity index (χ2n) is 4.62. The Morgan fingerprint density at radius 1 is 1.19 bits per heavy atom. The quantitative estimate of drug-likeness (QED) is 0.554. The van der Waals surface area contributed by atoms with Crippen LogP contribution >= 0.6 is 27.5 Å². The molecule has 1 unspecified atom stereocenters. The highest BCUT2D eigenvalue weighted by Gasteiger charge is 2.21. The smallest absolute Gasteiger partial charge is 0.150 e. The number of benzene rings is 2. The topological polar surface area (TPSA) is 17.8 Å². The molecule has 0 bridgehead atoms. The van der Waals surface area contributed by atoms with Gasteiger partial charge in [0, 0.05) is 4.47 Å². The number of aromatic nitrogens is 2. The molecule has 1 aromatic heterocycles. The lowest BCUT2D eigenvalue weighted by Gasteiger charge is -2.12. The van der Waals surface area contributed by atoms with Gasteiger partial charge in [-0.3, -0.25) is 4.57 Å². The summed E-state index contributed by atoms with van der Waals surface area (Å²) in [4.78, 5) is 4.39. The van der Waals surface area contributed by atoms with E-state index < -0.39 is 17.0 Å². The van der Waals surface area contributed by atoms with Crippen molar-refractivity contribution in [2.24, 2.45) is 0 Å². The minimum absolute atomic E-state index is 0.166. The van der Waals surface area contributed by atoms with Gasteiger partial charge in [0.2, 0.25) is 0 Å². The van der Waals surface area contributed by atoms with Crippen LogP contribution in [0.2, 0.25) is 0 Å². The molecule has 0 radical (unpaired) electrons. The van der Waals surface area contributed by atoms with Gasteiger partial charge in [0.05, 0.1) is 16.4 Å². The number of hydrogen-bond donors (Lipinski definition) is 0. The third-order valence-electron chi connectivity index (χ3n) is 3.16. The van der Waals surface area contributed by atoms with E-state index in [0.717, 1.165) is 4.47 Å². The number of nitrogens with zero attached hydrogens (tertiary/aromatic N) is 2. The van der Waals surface area contributed by atoms with Crippen molar-refractivity contribution >= 4 is 38.6 Å². The lowest BCUT2D eigenvalue weighted by atomic mass is 10.2. The van der Waals surface area contributed by atoms with Gasteiger partial charge in [-0.2, -0.15) is 0 Å². The van der Waals surface area contributed by atoms with Crippen LogP contribution in [0.3, 0.4) is 0 Å². The maximum absolute atomic E-state index is 14.1. The third kappa shape index (κ3) is 2.45. The summed E-state index contributed by atoms with van der Waals surface area (Å²) in [6.07, 6.45) is 0. The highest BCUT2D eigenvalue weighted by atomic mass is 79.9. The zero-order chi connectivity index (χ0) is 15.1. The fraction of sp³-hybridized carbons (Fsp3) is 0.133. The van der Waals surface area contributed by atoms with Crippen LogP contribution in [-0.4, -0.2) is 9.55 Å². The summed E-state index contributed by atoms with van der Waals surface area (Å²) in [5.41, 5.74) is 1.06.